The van der Waals surface area contributed by atoms with Gasteiger partial charge in [-0.3, -0.25) is 14.5 Å². The van der Waals surface area contributed by atoms with Crippen LogP contribution in [0.1, 0.15) is 12.8 Å². The van der Waals surface area contributed by atoms with Crippen LogP contribution in [0.2, 0.25) is 0 Å². The molecule has 2 N–H and O–H groups in total. The number of hydrogen-bond acceptors (Lipinski definition) is 5. The van der Waals surface area contributed by atoms with Crippen LogP contribution in [0.25, 0.3) is 0 Å². The summed E-state index contributed by atoms with van der Waals surface area (Å²) < 4.78 is 0. The van der Waals surface area contributed by atoms with Gasteiger partial charge in [0.1, 0.15) is 5.82 Å². The zero-order valence-electron chi connectivity index (χ0n) is 9.26. The second-order valence-corrected chi connectivity index (χ2v) is 4.80. The number of nitrogen functional groups attached to an aromatic ring is 1. The van der Waals surface area contributed by atoms with E-state index in [4.69, 9.17) is 5.73 Å². The third kappa shape index (κ3) is 2.97. The molecule has 0 saturated carbocycles. The van der Waals surface area contributed by atoms with Crippen LogP contribution in [0, 0.1) is 0 Å². The van der Waals surface area contributed by atoms with Crippen molar-refractivity contribution in [2.24, 2.45) is 0 Å². The van der Waals surface area contributed by atoms with E-state index >= 15 is 0 Å². The van der Waals surface area contributed by atoms with Crippen molar-refractivity contribution in [1.82, 2.24) is 9.88 Å². The highest BCUT2D eigenvalue weighted by molar-refractivity contribution is 8.00. The third-order valence-corrected chi connectivity index (χ3v) is 3.46. The van der Waals surface area contributed by atoms with Gasteiger partial charge < -0.3 is 5.73 Å². The molecular weight excluding hydrogens is 238 g/mol. The van der Waals surface area contributed by atoms with Crippen molar-refractivity contribution in [2.75, 3.05) is 18.0 Å². The second kappa shape index (κ2) is 5.18. The number of amides is 2. The lowest BCUT2D eigenvalue weighted by atomic mass is 10.4. The average Bonchev–Trinajstić information content (AvgIpc) is 2.74. The Labute approximate surface area is 103 Å². The molecule has 0 spiro atoms. The number of anilines is 1. The molecule has 2 rings (SSSR count). The number of likely N-dealkylation sites (tertiary alicyclic amines) is 1. The molecule has 1 saturated heterocycles. The molecule has 6 heteroatoms. The van der Waals surface area contributed by atoms with Crippen LogP contribution in [-0.2, 0) is 9.59 Å². The Hall–Kier alpha value is -1.56. The number of pyridine rings is 1. The number of nitrogens with two attached hydrogens (primary N) is 1. The van der Waals surface area contributed by atoms with Crippen molar-refractivity contribution in [3.05, 3.63) is 18.3 Å². The van der Waals surface area contributed by atoms with Crippen LogP contribution in [0.4, 0.5) is 5.82 Å². The van der Waals surface area contributed by atoms with E-state index in [0.29, 0.717) is 18.8 Å². The van der Waals surface area contributed by atoms with Crippen LogP contribution in [0.3, 0.4) is 0 Å². The summed E-state index contributed by atoms with van der Waals surface area (Å²) in [6, 6.07) is 3.50. The SMILES string of the molecule is Nc1ccc(SCC(=O)N2CCCC2=O)cn1. The Morgan fingerprint density at radius 3 is 2.94 bits per heavy atom. The first kappa shape index (κ1) is 11.9. The fourth-order valence-electron chi connectivity index (χ4n) is 1.61. The zero-order chi connectivity index (χ0) is 12.3. The van der Waals surface area contributed by atoms with Crippen molar-refractivity contribution < 1.29 is 9.59 Å². The Morgan fingerprint density at radius 1 is 1.53 bits per heavy atom. The highest BCUT2D eigenvalue weighted by Gasteiger charge is 2.25. The zero-order valence-corrected chi connectivity index (χ0v) is 10.1. The highest BCUT2D eigenvalue weighted by Crippen LogP contribution is 2.19. The minimum absolute atomic E-state index is 0.0639. The number of nitrogens with zero attached hydrogens (tertiary/aromatic N) is 2. The molecule has 1 aliphatic rings. The summed E-state index contributed by atoms with van der Waals surface area (Å²) in [6.07, 6.45) is 2.89. The summed E-state index contributed by atoms with van der Waals surface area (Å²) in [5.74, 6) is 0.521. The molecule has 0 radical (unpaired) electrons. The monoisotopic (exact) mass is 251 g/mol. The van der Waals surface area contributed by atoms with Crippen LogP contribution < -0.4 is 5.73 Å². The fourth-order valence-corrected chi connectivity index (χ4v) is 2.35. The fraction of sp³-hybridized carbons (Fsp3) is 0.364. The Balaban J connectivity index is 1.87. The van der Waals surface area contributed by atoms with Crippen molar-refractivity contribution >= 4 is 29.4 Å². The molecule has 90 valence electrons. The maximum Gasteiger partial charge on any atom is 0.239 e. The number of thioether (sulfide) groups is 1. The van der Waals surface area contributed by atoms with E-state index in [1.165, 1.54) is 16.7 Å². The van der Waals surface area contributed by atoms with E-state index in [1.54, 1.807) is 12.3 Å². The van der Waals surface area contributed by atoms with Gasteiger partial charge in [-0.2, -0.15) is 0 Å². The van der Waals surface area contributed by atoms with Gasteiger partial charge >= 0.3 is 0 Å². The summed E-state index contributed by atoms with van der Waals surface area (Å²) in [6.45, 7) is 0.554. The normalized spacial score (nSPS) is 15.3. The average molecular weight is 251 g/mol. The first-order valence-electron chi connectivity index (χ1n) is 5.34. The van der Waals surface area contributed by atoms with Crippen LogP contribution in [0.5, 0.6) is 0 Å². The van der Waals surface area contributed by atoms with Gasteiger partial charge in [-0.15, -0.1) is 11.8 Å². The van der Waals surface area contributed by atoms with Crippen molar-refractivity contribution in [1.29, 1.82) is 0 Å². The van der Waals surface area contributed by atoms with Crippen molar-refractivity contribution in [2.45, 2.75) is 17.7 Å². The van der Waals surface area contributed by atoms with Gasteiger partial charge in [-0.05, 0) is 18.6 Å². The maximum absolute atomic E-state index is 11.7. The summed E-state index contributed by atoms with van der Waals surface area (Å²) >= 11 is 1.36. The van der Waals surface area contributed by atoms with Crippen LogP contribution in [-0.4, -0.2) is 34.0 Å². The molecule has 1 aliphatic heterocycles. The molecule has 0 aliphatic carbocycles. The Bertz CT molecular complexity index is 433. The second-order valence-electron chi connectivity index (χ2n) is 3.75. The van der Waals surface area contributed by atoms with E-state index in [0.717, 1.165) is 11.3 Å². The molecule has 1 aromatic rings. The molecule has 1 fully saturated rings. The largest absolute Gasteiger partial charge is 0.384 e. The lowest BCUT2D eigenvalue weighted by Crippen LogP contribution is -2.33. The highest BCUT2D eigenvalue weighted by atomic mass is 32.2. The van der Waals surface area contributed by atoms with Crippen molar-refractivity contribution in [3.63, 3.8) is 0 Å². The standard InChI is InChI=1S/C11H13N3O2S/c12-9-4-3-8(6-13-9)17-7-11(16)14-5-1-2-10(14)15/h3-4,6H,1-2,5,7H2,(H2,12,13). The molecule has 2 heterocycles. The van der Waals surface area contributed by atoms with Gasteiger partial charge in [0.25, 0.3) is 0 Å². The summed E-state index contributed by atoms with van der Waals surface area (Å²) in [4.78, 5) is 29.2. The number of carbonyl (C=O) groups excluding carboxylic acids is 2. The predicted octanol–water partition coefficient (Wildman–Crippen LogP) is 0.905. The smallest absolute Gasteiger partial charge is 0.239 e. The molecule has 0 bridgehead atoms. The first-order chi connectivity index (χ1) is 8.16. The van der Waals surface area contributed by atoms with Gasteiger partial charge in [0.2, 0.25) is 11.8 Å². The van der Waals surface area contributed by atoms with Gasteiger partial charge in [-0.1, -0.05) is 0 Å². The van der Waals surface area contributed by atoms with Gasteiger partial charge in [0.15, 0.2) is 0 Å². The summed E-state index contributed by atoms with van der Waals surface area (Å²) in [7, 11) is 0. The topological polar surface area (TPSA) is 76.3 Å². The summed E-state index contributed by atoms with van der Waals surface area (Å²) in [5, 5.41) is 0. The van der Waals surface area contributed by atoms with Gasteiger partial charge in [0.05, 0.1) is 5.75 Å². The molecular formula is C11H13N3O2S. The van der Waals surface area contributed by atoms with Crippen molar-refractivity contribution in [3.8, 4) is 0 Å². The molecule has 17 heavy (non-hydrogen) atoms. The number of hydrogen-bond donors (Lipinski definition) is 1. The lowest BCUT2D eigenvalue weighted by molar-refractivity contribution is -0.140. The lowest BCUT2D eigenvalue weighted by Gasteiger charge is -2.12. The van der Waals surface area contributed by atoms with Gasteiger partial charge in [0, 0.05) is 24.1 Å². The van der Waals surface area contributed by atoms with Crippen LogP contribution >= 0.6 is 11.8 Å². The van der Waals surface area contributed by atoms with Gasteiger partial charge in [-0.25, -0.2) is 4.98 Å². The number of aromatic nitrogens is 1. The van der Waals surface area contributed by atoms with E-state index in [9.17, 15) is 9.59 Å². The molecule has 1 aromatic heterocycles. The van der Waals surface area contributed by atoms with Crippen LogP contribution in [0.15, 0.2) is 23.2 Å². The number of rotatable bonds is 3. The molecule has 0 atom stereocenters. The predicted molar refractivity (Wildman–Crippen MR) is 65.3 cm³/mol. The Morgan fingerprint density at radius 2 is 2.35 bits per heavy atom. The maximum atomic E-state index is 11.7. The minimum atomic E-state index is -0.130. The molecule has 0 unspecified atom stereocenters. The quantitative estimate of drug-likeness (QED) is 0.808. The first-order valence-corrected chi connectivity index (χ1v) is 6.33. The number of imide groups is 1. The summed E-state index contributed by atoms with van der Waals surface area (Å²) in [5.41, 5.74) is 5.46. The number of carbonyl (C=O) groups is 2. The van der Waals surface area contributed by atoms with E-state index in [-0.39, 0.29) is 17.6 Å². The minimum Gasteiger partial charge on any atom is -0.384 e. The molecule has 0 aromatic carbocycles. The van der Waals surface area contributed by atoms with E-state index in [1.807, 2.05) is 6.07 Å². The van der Waals surface area contributed by atoms with E-state index < -0.39 is 0 Å². The van der Waals surface area contributed by atoms with E-state index in [2.05, 4.69) is 4.98 Å². The molecule has 5 nitrogen and oxygen atoms in total. The Kier molecular flexibility index (Phi) is 3.63. The third-order valence-electron chi connectivity index (χ3n) is 2.50. The molecule has 2 amide bonds.